The Bertz CT molecular complexity index is 177. The highest BCUT2D eigenvalue weighted by molar-refractivity contribution is 5.77. The molecule has 0 bridgehead atoms. The molecule has 0 radical (unpaired) electrons. The third-order valence-electron chi connectivity index (χ3n) is 2.55. The number of carbonyl (C=O) groups excluding carboxylic acids is 1. The third-order valence-corrected chi connectivity index (χ3v) is 2.55. The molecule has 14 heavy (non-hydrogen) atoms. The van der Waals surface area contributed by atoms with E-state index in [2.05, 4.69) is 5.32 Å². The van der Waals surface area contributed by atoms with Crippen LogP contribution in [0.5, 0.6) is 0 Å². The fourth-order valence-corrected chi connectivity index (χ4v) is 1.49. The fourth-order valence-electron chi connectivity index (χ4n) is 1.49. The first-order valence-corrected chi connectivity index (χ1v) is 5.18. The third kappa shape index (κ3) is 4.07. The zero-order valence-corrected chi connectivity index (χ0v) is 9.08. The zero-order chi connectivity index (χ0) is 10.4. The van der Waals surface area contributed by atoms with Gasteiger partial charge in [-0.05, 0) is 25.3 Å². The average Bonchev–Trinajstić information content (AvgIpc) is 2.19. The van der Waals surface area contributed by atoms with Crippen LogP contribution in [0.15, 0.2) is 0 Å². The van der Waals surface area contributed by atoms with Crippen LogP contribution in [0.2, 0.25) is 0 Å². The van der Waals surface area contributed by atoms with Gasteiger partial charge in [0.05, 0.1) is 6.54 Å². The Hall–Kier alpha value is -0.610. The van der Waals surface area contributed by atoms with Crippen molar-refractivity contribution in [2.75, 3.05) is 40.4 Å². The Morgan fingerprint density at radius 1 is 1.43 bits per heavy atom. The molecular weight excluding hydrogens is 180 g/mol. The van der Waals surface area contributed by atoms with Gasteiger partial charge in [0.2, 0.25) is 5.91 Å². The van der Waals surface area contributed by atoms with Gasteiger partial charge in [0.15, 0.2) is 0 Å². The summed E-state index contributed by atoms with van der Waals surface area (Å²) in [6, 6.07) is 0. The molecule has 82 valence electrons. The Morgan fingerprint density at radius 3 is 2.64 bits per heavy atom. The summed E-state index contributed by atoms with van der Waals surface area (Å²) < 4.78 is 5.26. The predicted octanol–water partition coefficient (Wildman–Crippen LogP) is 0.0908. The van der Waals surface area contributed by atoms with Gasteiger partial charge in [-0.1, -0.05) is 0 Å². The lowest BCUT2D eigenvalue weighted by atomic mass is 10.0. The molecule has 1 heterocycles. The molecule has 0 aromatic rings. The van der Waals surface area contributed by atoms with Crippen LogP contribution in [0.25, 0.3) is 0 Å². The summed E-state index contributed by atoms with van der Waals surface area (Å²) in [5, 5.41) is 3.19. The van der Waals surface area contributed by atoms with Crippen molar-refractivity contribution in [3.05, 3.63) is 0 Å². The summed E-state index contributed by atoms with van der Waals surface area (Å²) in [5.74, 6) is 0.816. The first-order valence-electron chi connectivity index (χ1n) is 5.18. The van der Waals surface area contributed by atoms with Crippen molar-refractivity contribution in [3.63, 3.8) is 0 Å². The van der Waals surface area contributed by atoms with Gasteiger partial charge in [-0.3, -0.25) is 4.79 Å². The van der Waals surface area contributed by atoms with Crippen LogP contribution in [0.3, 0.4) is 0 Å². The average molecular weight is 200 g/mol. The number of likely N-dealkylation sites (N-methyl/N-ethyl adjacent to an activating group) is 1. The van der Waals surface area contributed by atoms with Crippen LogP contribution in [0.4, 0.5) is 0 Å². The first kappa shape index (κ1) is 11.5. The summed E-state index contributed by atoms with van der Waals surface area (Å²) in [6.45, 7) is 3.12. The number of hydrogen-bond donors (Lipinski definition) is 1. The van der Waals surface area contributed by atoms with Crippen molar-refractivity contribution >= 4 is 5.91 Å². The minimum absolute atomic E-state index is 0.136. The van der Waals surface area contributed by atoms with Crippen molar-refractivity contribution < 1.29 is 9.53 Å². The number of amides is 1. The lowest BCUT2D eigenvalue weighted by Crippen LogP contribution is -2.36. The van der Waals surface area contributed by atoms with E-state index < -0.39 is 0 Å². The van der Waals surface area contributed by atoms with Crippen LogP contribution in [0, 0.1) is 5.92 Å². The maximum atomic E-state index is 11.2. The van der Waals surface area contributed by atoms with E-state index in [-0.39, 0.29) is 5.91 Å². The SMILES string of the molecule is CN(C)C(=O)CNCC1CCOCC1. The first-order chi connectivity index (χ1) is 6.70. The highest BCUT2D eigenvalue weighted by atomic mass is 16.5. The number of rotatable bonds is 4. The number of hydrogen-bond acceptors (Lipinski definition) is 3. The molecule has 4 nitrogen and oxygen atoms in total. The molecule has 1 aliphatic heterocycles. The van der Waals surface area contributed by atoms with Gasteiger partial charge in [-0.15, -0.1) is 0 Å². The second-order valence-electron chi connectivity index (χ2n) is 3.97. The second kappa shape index (κ2) is 5.98. The van der Waals surface area contributed by atoms with Crippen molar-refractivity contribution in [1.29, 1.82) is 0 Å². The van der Waals surface area contributed by atoms with Crippen LogP contribution in [-0.2, 0) is 9.53 Å². The van der Waals surface area contributed by atoms with Gasteiger partial charge < -0.3 is 15.0 Å². The topological polar surface area (TPSA) is 41.6 Å². The van der Waals surface area contributed by atoms with E-state index in [1.165, 1.54) is 0 Å². The van der Waals surface area contributed by atoms with Crippen LogP contribution >= 0.6 is 0 Å². The summed E-state index contributed by atoms with van der Waals surface area (Å²) >= 11 is 0. The largest absolute Gasteiger partial charge is 0.381 e. The van der Waals surface area contributed by atoms with Crippen LogP contribution < -0.4 is 5.32 Å². The van der Waals surface area contributed by atoms with E-state index in [0.717, 1.165) is 32.6 Å². The molecule has 1 N–H and O–H groups in total. The van der Waals surface area contributed by atoms with Crippen LogP contribution in [-0.4, -0.2) is 51.2 Å². The minimum atomic E-state index is 0.136. The lowest BCUT2D eigenvalue weighted by Gasteiger charge is -2.22. The molecule has 0 spiro atoms. The lowest BCUT2D eigenvalue weighted by molar-refractivity contribution is -0.127. The number of nitrogens with one attached hydrogen (secondary N) is 1. The molecule has 0 aromatic heterocycles. The highest BCUT2D eigenvalue weighted by Gasteiger charge is 2.13. The monoisotopic (exact) mass is 200 g/mol. The molecule has 1 amide bonds. The molecule has 1 rings (SSSR count). The number of nitrogens with zero attached hydrogens (tertiary/aromatic N) is 1. The standard InChI is InChI=1S/C10H20N2O2/c1-12(2)10(13)8-11-7-9-3-5-14-6-4-9/h9,11H,3-8H2,1-2H3. The summed E-state index contributed by atoms with van der Waals surface area (Å²) in [6.07, 6.45) is 2.23. The Balaban J connectivity index is 2.05. The van der Waals surface area contributed by atoms with E-state index >= 15 is 0 Å². The maximum Gasteiger partial charge on any atom is 0.236 e. The van der Waals surface area contributed by atoms with E-state index in [1.54, 1.807) is 19.0 Å². The maximum absolute atomic E-state index is 11.2. The molecular formula is C10H20N2O2. The molecule has 1 aliphatic rings. The van der Waals surface area contributed by atoms with Crippen molar-refractivity contribution in [3.8, 4) is 0 Å². The fraction of sp³-hybridized carbons (Fsp3) is 0.900. The Kier molecular flexibility index (Phi) is 4.90. The molecule has 0 aliphatic carbocycles. The number of carbonyl (C=O) groups is 1. The summed E-state index contributed by atoms with van der Waals surface area (Å²) in [5.41, 5.74) is 0. The van der Waals surface area contributed by atoms with Crippen molar-refractivity contribution in [2.45, 2.75) is 12.8 Å². The molecule has 0 atom stereocenters. The van der Waals surface area contributed by atoms with Gasteiger partial charge in [-0.2, -0.15) is 0 Å². The number of ether oxygens (including phenoxy) is 1. The molecule has 0 saturated carbocycles. The van der Waals surface area contributed by atoms with Gasteiger partial charge in [0.25, 0.3) is 0 Å². The van der Waals surface area contributed by atoms with Crippen LogP contribution in [0.1, 0.15) is 12.8 Å². The second-order valence-corrected chi connectivity index (χ2v) is 3.97. The smallest absolute Gasteiger partial charge is 0.236 e. The molecule has 4 heteroatoms. The molecule has 1 fully saturated rings. The van der Waals surface area contributed by atoms with E-state index in [4.69, 9.17) is 4.74 Å². The van der Waals surface area contributed by atoms with Gasteiger partial charge >= 0.3 is 0 Å². The molecule has 0 aromatic carbocycles. The quantitative estimate of drug-likeness (QED) is 0.699. The highest BCUT2D eigenvalue weighted by Crippen LogP contribution is 2.12. The molecule has 1 saturated heterocycles. The predicted molar refractivity (Wildman–Crippen MR) is 55.1 cm³/mol. The van der Waals surface area contributed by atoms with Crippen molar-refractivity contribution in [1.82, 2.24) is 10.2 Å². The normalized spacial score (nSPS) is 18.1. The Morgan fingerprint density at radius 2 is 2.07 bits per heavy atom. The van der Waals surface area contributed by atoms with Crippen molar-refractivity contribution in [2.24, 2.45) is 5.92 Å². The zero-order valence-electron chi connectivity index (χ0n) is 9.08. The summed E-state index contributed by atoms with van der Waals surface area (Å²) in [4.78, 5) is 12.8. The Labute approximate surface area is 85.6 Å². The summed E-state index contributed by atoms with van der Waals surface area (Å²) in [7, 11) is 3.55. The van der Waals surface area contributed by atoms with E-state index in [0.29, 0.717) is 12.5 Å². The molecule has 0 unspecified atom stereocenters. The van der Waals surface area contributed by atoms with Gasteiger partial charge in [0.1, 0.15) is 0 Å². The van der Waals surface area contributed by atoms with E-state index in [9.17, 15) is 4.79 Å². The minimum Gasteiger partial charge on any atom is -0.381 e. The van der Waals surface area contributed by atoms with Gasteiger partial charge in [-0.25, -0.2) is 0 Å². The van der Waals surface area contributed by atoms with Gasteiger partial charge in [0, 0.05) is 27.3 Å². The van der Waals surface area contributed by atoms with E-state index in [1.807, 2.05) is 0 Å².